The summed E-state index contributed by atoms with van der Waals surface area (Å²) in [6.07, 6.45) is 16.9. The quantitative estimate of drug-likeness (QED) is 0.551. The average molecular weight is 391 g/mol. The lowest BCUT2D eigenvalue weighted by molar-refractivity contribution is -0.150. The van der Waals surface area contributed by atoms with Gasteiger partial charge in [0.15, 0.2) is 5.78 Å². The summed E-state index contributed by atoms with van der Waals surface area (Å²) >= 11 is 0. The maximum Gasteiger partial charge on any atom is 0.179 e. The first-order valence-corrected chi connectivity index (χ1v) is 12.3. The molecule has 0 aromatic carbocycles. The summed E-state index contributed by atoms with van der Waals surface area (Å²) in [5.74, 6) is 1.22. The molecule has 29 heavy (non-hydrogen) atoms. The summed E-state index contributed by atoms with van der Waals surface area (Å²) in [4.78, 5) is 15.7. The molecule has 0 unspecified atom stereocenters. The number of rotatable bonds is 0. The lowest BCUT2D eigenvalue weighted by Gasteiger charge is -2.66. The third-order valence-corrected chi connectivity index (χ3v) is 9.79. The van der Waals surface area contributed by atoms with E-state index in [0.29, 0.717) is 22.9 Å². The van der Waals surface area contributed by atoms with E-state index in [9.17, 15) is 4.79 Å². The number of carbonyl (C=O) groups excluding carboxylic acids is 1. The van der Waals surface area contributed by atoms with Crippen molar-refractivity contribution >= 4 is 11.4 Å². The number of fused-ring (bicyclic) bond motifs is 1. The number of hydrogen-bond acceptors (Lipinski definition) is 2. The monoisotopic (exact) mass is 390 g/mol. The Morgan fingerprint density at radius 2 is 1.79 bits per heavy atom. The Bertz CT molecular complexity index is 937. The molecule has 0 N–H and O–H groups in total. The van der Waals surface area contributed by atoms with Gasteiger partial charge in [0.05, 0.1) is 5.69 Å². The van der Waals surface area contributed by atoms with Crippen molar-refractivity contribution in [1.29, 1.82) is 0 Å². The third kappa shape index (κ3) is 2.16. The first kappa shape index (κ1) is 17.3. The fourth-order valence-electron chi connectivity index (χ4n) is 9.21. The highest BCUT2D eigenvalue weighted by Crippen LogP contribution is 2.61. The Hall–Kier alpha value is -1.35. The highest BCUT2D eigenvalue weighted by Gasteiger charge is 2.60. The molecule has 0 aliphatic carbocycles. The van der Waals surface area contributed by atoms with Gasteiger partial charge in [0.1, 0.15) is 0 Å². The summed E-state index contributed by atoms with van der Waals surface area (Å²) in [6, 6.07) is 5.82. The zero-order chi connectivity index (χ0) is 19.4. The first-order chi connectivity index (χ1) is 14.1. The van der Waals surface area contributed by atoms with Crippen molar-refractivity contribution in [2.24, 2.45) is 5.92 Å². The van der Waals surface area contributed by atoms with Crippen LogP contribution in [0.4, 0.5) is 0 Å². The van der Waals surface area contributed by atoms with Gasteiger partial charge in [0.25, 0.3) is 0 Å². The maximum atomic E-state index is 12.6. The maximum absolute atomic E-state index is 12.6. The Labute approximate surface area is 174 Å². The van der Waals surface area contributed by atoms with E-state index in [4.69, 9.17) is 0 Å². The van der Waals surface area contributed by atoms with Crippen molar-refractivity contribution in [3.63, 3.8) is 0 Å². The van der Waals surface area contributed by atoms with Gasteiger partial charge in [-0.05, 0) is 94.3 Å². The topological polar surface area (TPSA) is 25.2 Å². The normalized spacial score (nSPS) is 43.3. The summed E-state index contributed by atoms with van der Waals surface area (Å²) < 4.78 is 2.47. The molecular weight excluding hydrogens is 356 g/mol. The summed E-state index contributed by atoms with van der Waals surface area (Å²) in [5.41, 5.74) is 6.69. The van der Waals surface area contributed by atoms with E-state index >= 15 is 0 Å². The molecule has 154 valence electrons. The smallest absolute Gasteiger partial charge is 0.179 e. The van der Waals surface area contributed by atoms with Gasteiger partial charge >= 0.3 is 0 Å². The number of nitrogens with zero attached hydrogens (tertiary/aromatic N) is 2. The standard InChI is InChI=1S/C26H34N2O/c1-17-12-20-4-2-9-25-10-3-11-26(14-17,28(20)25)16-21-18(15-25)13-19-5-8-24(29)23-7-6-22(21)27(19)23/h6-7,17,19-20H,2-5,8-16H2,1H3/t17-,19+,20+,25-,26-/m1/s1. The highest BCUT2D eigenvalue weighted by atomic mass is 16.1. The van der Waals surface area contributed by atoms with Crippen LogP contribution < -0.4 is 0 Å². The average Bonchev–Trinajstić information content (AvgIpc) is 3.11. The van der Waals surface area contributed by atoms with Crippen LogP contribution in [0.3, 0.4) is 0 Å². The van der Waals surface area contributed by atoms with E-state index in [-0.39, 0.29) is 0 Å². The number of aromatic nitrogens is 1. The number of ketones is 1. The molecule has 1 aromatic heterocycles. The molecular formula is C26H34N2O. The van der Waals surface area contributed by atoms with Crippen LogP contribution in [0.25, 0.3) is 5.57 Å². The molecule has 0 saturated carbocycles. The zero-order valence-electron chi connectivity index (χ0n) is 17.9. The van der Waals surface area contributed by atoms with Crippen LogP contribution in [0.1, 0.15) is 113 Å². The van der Waals surface area contributed by atoms with Gasteiger partial charge in [0.2, 0.25) is 0 Å². The van der Waals surface area contributed by atoms with Crippen LogP contribution in [0, 0.1) is 5.92 Å². The van der Waals surface area contributed by atoms with Crippen molar-refractivity contribution < 1.29 is 4.79 Å². The van der Waals surface area contributed by atoms with Crippen molar-refractivity contribution in [2.45, 2.75) is 114 Å². The van der Waals surface area contributed by atoms with Gasteiger partial charge < -0.3 is 4.57 Å². The Morgan fingerprint density at radius 1 is 0.966 bits per heavy atom. The molecule has 0 spiro atoms. The van der Waals surface area contributed by atoms with Gasteiger partial charge in [-0.2, -0.15) is 0 Å². The van der Waals surface area contributed by atoms with Crippen molar-refractivity contribution in [3.05, 3.63) is 29.1 Å². The van der Waals surface area contributed by atoms with E-state index in [1.165, 1.54) is 76.3 Å². The van der Waals surface area contributed by atoms with E-state index in [1.807, 2.05) is 0 Å². The third-order valence-electron chi connectivity index (χ3n) is 9.79. The number of Topliss-reactive ketones (excluding diaryl/α,β-unsaturated/α-hetero) is 1. The van der Waals surface area contributed by atoms with E-state index in [1.54, 1.807) is 11.1 Å². The van der Waals surface area contributed by atoms with Crippen LogP contribution in [-0.2, 0) is 0 Å². The highest BCUT2D eigenvalue weighted by molar-refractivity contribution is 5.96. The van der Waals surface area contributed by atoms with Gasteiger partial charge in [-0.25, -0.2) is 0 Å². The fourth-order valence-corrected chi connectivity index (χ4v) is 9.21. The van der Waals surface area contributed by atoms with Crippen molar-refractivity contribution in [3.8, 4) is 0 Å². The van der Waals surface area contributed by atoms with E-state index in [0.717, 1.165) is 30.5 Å². The predicted octanol–water partition coefficient (Wildman–Crippen LogP) is 5.90. The largest absolute Gasteiger partial charge is 0.335 e. The number of piperidine rings is 3. The number of hydrogen-bond donors (Lipinski definition) is 0. The number of carbonyl (C=O) groups is 1. The molecule has 5 atom stereocenters. The van der Waals surface area contributed by atoms with Crippen LogP contribution in [0.5, 0.6) is 0 Å². The summed E-state index contributed by atoms with van der Waals surface area (Å²) in [7, 11) is 0. The summed E-state index contributed by atoms with van der Waals surface area (Å²) in [5, 5.41) is 0. The molecule has 6 aliphatic heterocycles. The second-order valence-electron chi connectivity index (χ2n) is 11.5. The van der Waals surface area contributed by atoms with Crippen LogP contribution >= 0.6 is 0 Å². The molecule has 0 amide bonds. The minimum Gasteiger partial charge on any atom is -0.335 e. The van der Waals surface area contributed by atoms with Crippen LogP contribution in [-0.4, -0.2) is 32.4 Å². The van der Waals surface area contributed by atoms with Crippen LogP contribution in [0.15, 0.2) is 17.7 Å². The molecule has 3 fully saturated rings. The Kier molecular flexibility index (Phi) is 3.39. The van der Waals surface area contributed by atoms with Gasteiger partial charge in [-0.1, -0.05) is 18.9 Å². The molecule has 3 heteroatoms. The minimum absolute atomic E-state index is 0.365. The summed E-state index contributed by atoms with van der Waals surface area (Å²) in [6.45, 7) is 2.52. The molecule has 0 radical (unpaired) electrons. The predicted molar refractivity (Wildman–Crippen MR) is 115 cm³/mol. The van der Waals surface area contributed by atoms with Gasteiger partial charge in [-0.3, -0.25) is 9.69 Å². The van der Waals surface area contributed by atoms with Crippen molar-refractivity contribution in [1.82, 2.24) is 9.47 Å². The molecule has 7 rings (SSSR count). The SMILES string of the molecule is C[C@@H]1C[C@@H]2CCC[C@@]34CCC[C@](CC5=C(C[C@@H]6CCC(=O)c7ccc5n76)C3)(C1)N24. The van der Waals surface area contributed by atoms with E-state index < -0.39 is 0 Å². The Balaban J connectivity index is 1.43. The lowest BCUT2D eigenvalue weighted by Crippen LogP contribution is -2.70. The molecule has 3 saturated heterocycles. The minimum atomic E-state index is 0.365. The molecule has 3 nitrogen and oxygen atoms in total. The lowest BCUT2D eigenvalue weighted by atomic mass is 9.62. The van der Waals surface area contributed by atoms with Gasteiger partial charge in [0, 0.05) is 35.3 Å². The second-order valence-corrected chi connectivity index (χ2v) is 11.5. The van der Waals surface area contributed by atoms with Gasteiger partial charge in [-0.15, -0.1) is 0 Å². The second kappa shape index (κ2) is 5.66. The fraction of sp³-hybridized carbons (Fsp3) is 0.731. The van der Waals surface area contributed by atoms with Crippen LogP contribution in [0.2, 0.25) is 0 Å². The molecule has 6 aliphatic rings. The zero-order valence-corrected chi connectivity index (χ0v) is 17.9. The molecule has 2 bridgehead atoms. The molecule has 1 aromatic rings. The van der Waals surface area contributed by atoms with E-state index in [2.05, 4.69) is 28.5 Å². The van der Waals surface area contributed by atoms with Crippen molar-refractivity contribution in [2.75, 3.05) is 0 Å². The molecule has 7 heterocycles. The Morgan fingerprint density at radius 3 is 2.72 bits per heavy atom. The first-order valence-electron chi connectivity index (χ1n) is 12.3.